The van der Waals surface area contributed by atoms with E-state index in [0.29, 0.717) is 0 Å². The first kappa shape index (κ1) is 12.4. The SMILES string of the molecule is CCNC(C1CCCC1)C1CCC(CC)C1. The van der Waals surface area contributed by atoms with Crippen molar-refractivity contribution in [3.63, 3.8) is 0 Å². The van der Waals surface area contributed by atoms with Gasteiger partial charge in [-0.25, -0.2) is 0 Å². The third kappa shape index (κ3) is 2.80. The van der Waals surface area contributed by atoms with Crippen molar-refractivity contribution >= 4 is 0 Å². The second-order valence-electron chi connectivity index (χ2n) is 5.98. The molecular weight excluding hydrogens is 194 g/mol. The van der Waals surface area contributed by atoms with Crippen LogP contribution in [0.2, 0.25) is 0 Å². The Kier molecular flexibility index (Phi) is 4.69. The molecule has 0 amide bonds. The van der Waals surface area contributed by atoms with Crippen molar-refractivity contribution in [2.75, 3.05) is 6.54 Å². The van der Waals surface area contributed by atoms with Crippen LogP contribution in [0.1, 0.15) is 65.2 Å². The molecule has 1 nitrogen and oxygen atoms in total. The van der Waals surface area contributed by atoms with E-state index in [9.17, 15) is 0 Å². The summed E-state index contributed by atoms with van der Waals surface area (Å²) >= 11 is 0. The number of hydrogen-bond donors (Lipinski definition) is 1. The van der Waals surface area contributed by atoms with E-state index in [1.807, 2.05) is 0 Å². The first-order valence-corrected chi connectivity index (χ1v) is 7.58. The maximum atomic E-state index is 3.81. The Bertz CT molecular complexity index is 196. The highest BCUT2D eigenvalue weighted by Gasteiger charge is 2.35. The second-order valence-corrected chi connectivity index (χ2v) is 5.98. The molecule has 1 heteroatoms. The fourth-order valence-electron chi connectivity index (χ4n) is 4.08. The molecule has 1 N–H and O–H groups in total. The van der Waals surface area contributed by atoms with Crippen LogP contribution in [-0.4, -0.2) is 12.6 Å². The van der Waals surface area contributed by atoms with Crippen molar-refractivity contribution in [1.82, 2.24) is 5.32 Å². The van der Waals surface area contributed by atoms with Crippen LogP contribution < -0.4 is 5.32 Å². The molecule has 3 atom stereocenters. The first-order valence-electron chi connectivity index (χ1n) is 7.58. The third-order valence-corrected chi connectivity index (χ3v) is 5.01. The largest absolute Gasteiger partial charge is 0.314 e. The summed E-state index contributed by atoms with van der Waals surface area (Å²) in [6.45, 7) is 5.80. The zero-order valence-electron chi connectivity index (χ0n) is 11.2. The van der Waals surface area contributed by atoms with Crippen LogP contribution in [0.25, 0.3) is 0 Å². The highest BCUT2D eigenvalue weighted by molar-refractivity contribution is 4.90. The van der Waals surface area contributed by atoms with E-state index in [-0.39, 0.29) is 0 Å². The zero-order valence-corrected chi connectivity index (χ0v) is 11.2. The van der Waals surface area contributed by atoms with E-state index < -0.39 is 0 Å². The molecular formula is C15H29N. The van der Waals surface area contributed by atoms with E-state index in [0.717, 1.165) is 30.3 Å². The topological polar surface area (TPSA) is 12.0 Å². The van der Waals surface area contributed by atoms with E-state index in [1.165, 1.54) is 51.4 Å². The van der Waals surface area contributed by atoms with Gasteiger partial charge in [-0.05, 0) is 50.0 Å². The fourth-order valence-corrected chi connectivity index (χ4v) is 4.08. The highest BCUT2D eigenvalue weighted by Crippen LogP contribution is 2.40. The van der Waals surface area contributed by atoms with Crippen LogP contribution in [0.4, 0.5) is 0 Å². The van der Waals surface area contributed by atoms with Gasteiger partial charge in [0.05, 0.1) is 0 Å². The number of hydrogen-bond acceptors (Lipinski definition) is 1. The molecule has 0 aromatic rings. The molecule has 2 rings (SSSR count). The van der Waals surface area contributed by atoms with Crippen molar-refractivity contribution in [3.05, 3.63) is 0 Å². The molecule has 0 heterocycles. The molecule has 2 aliphatic carbocycles. The molecule has 2 fully saturated rings. The Morgan fingerprint density at radius 2 is 1.75 bits per heavy atom. The predicted octanol–water partition coefficient (Wildman–Crippen LogP) is 3.98. The summed E-state index contributed by atoms with van der Waals surface area (Å²) in [4.78, 5) is 0. The van der Waals surface area contributed by atoms with E-state index >= 15 is 0 Å². The van der Waals surface area contributed by atoms with Gasteiger partial charge in [0.2, 0.25) is 0 Å². The van der Waals surface area contributed by atoms with Gasteiger partial charge in [0.25, 0.3) is 0 Å². The van der Waals surface area contributed by atoms with Crippen LogP contribution in [0.5, 0.6) is 0 Å². The Balaban J connectivity index is 1.91. The number of rotatable bonds is 5. The van der Waals surface area contributed by atoms with Crippen LogP contribution in [-0.2, 0) is 0 Å². The van der Waals surface area contributed by atoms with E-state index in [2.05, 4.69) is 19.2 Å². The first-order chi connectivity index (χ1) is 7.85. The molecule has 0 aromatic heterocycles. The minimum Gasteiger partial charge on any atom is -0.314 e. The molecule has 0 saturated heterocycles. The van der Waals surface area contributed by atoms with E-state index in [1.54, 1.807) is 0 Å². The molecule has 2 saturated carbocycles. The quantitative estimate of drug-likeness (QED) is 0.743. The van der Waals surface area contributed by atoms with Crippen LogP contribution >= 0.6 is 0 Å². The molecule has 0 spiro atoms. The van der Waals surface area contributed by atoms with Gasteiger partial charge >= 0.3 is 0 Å². The molecule has 0 aromatic carbocycles. The zero-order chi connectivity index (χ0) is 11.4. The van der Waals surface area contributed by atoms with Gasteiger partial charge in [-0.2, -0.15) is 0 Å². The Hall–Kier alpha value is -0.0400. The lowest BCUT2D eigenvalue weighted by atomic mass is 9.85. The van der Waals surface area contributed by atoms with E-state index in [4.69, 9.17) is 0 Å². The average Bonchev–Trinajstić information content (AvgIpc) is 2.97. The van der Waals surface area contributed by atoms with Gasteiger partial charge in [0.15, 0.2) is 0 Å². The molecule has 2 aliphatic rings. The predicted molar refractivity (Wildman–Crippen MR) is 70.5 cm³/mol. The maximum Gasteiger partial charge on any atom is 0.0124 e. The van der Waals surface area contributed by atoms with Crippen LogP contribution in [0.3, 0.4) is 0 Å². The lowest BCUT2D eigenvalue weighted by molar-refractivity contribution is 0.258. The van der Waals surface area contributed by atoms with Gasteiger partial charge in [0, 0.05) is 6.04 Å². The summed E-state index contributed by atoms with van der Waals surface area (Å²) in [6.07, 6.45) is 11.8. The van der Waals surface area contributed by atoms with Crippen LogP contribution in [0.15, 0.2) is 0 Å². The van der Waals surface area contributed by atoms with Crippen molar-refractivity contribution in [2.45, 2.75) is 71.3 Å². The van der Waals surface area contributed by atoms with Crippen LogP contribution in [0, 0.1) is 17.8 Å². The Morgan fingerprint density at radius 1 is 1.00 bits per heavy atom. The molecule has 94 valence electrons. The normalized spacial score (nSPS) is 33.4. The molecule has 0 bridgehead atoms. The maximum absolute atomic E-state index is 3.81. The fraction of sp³-hybridized carbons (Fsp3) is 1.00. The number of nitrogens with one attached hydrogen (secondary N) is 1. The van der Waals surface area contributed by atoms with Crippen molar-refractivity contribution in [2.24, 2.45) is 17.8 Å². The standard InChI is InChI=1S/C15H29N/c1-3-12-9-10-14(11-12)15(16-4-2)13-7-5-6-8-13/h12-16H,3-11H2,1-2H3. The molecule has 0 aliphatic heterocycles. The molecule has 3 unspecified atom stereocenters. The highest BCUT2D eigenvalue weighted by atomic mass is 14.9. The summed E-state index contributed by atoms with van der Waals surface area (Å²) in [5.74, 6) is 3.03. The van der Waals surface area contributed by atoms with Crippen molar-refractivity contribution in [3.8, 4) is 0 Å². The Labute approximate surface area is 101 Å². The van der Waals surface area contributed by atoms with Crippen molar-refractivity contribution in [1.29, 1.82) is 0 Å². The summed E-state index contributed by atoms with van der Waals surface area (Å²) in [5, 5.41) is 3.81. The van der Waals surface area contributed by atoms with Crippen molar-refractivity contribution < 1.29 is 0 Å². The molecule has 16 heavy (non-hydrogen) atoms. The third-order valence-electron chi connectivity index (χ3n) is 5.01. The lowest BCUT2D eigenvalue weighted by Gasteiger charge is -2.30. The summed E-state index contributed by atoms with van der Waals surface area (Å²) in [7, 11) is 0. The average molecular weight is 223 g/mol. The summed E-state index contributed by atoms with van der Waals surface area (Å²) < 4.78 is 0. The minimum atomic E-state index is 0.851. The van der Waals surface area contributed by atoms with Gasteiger partial charge in [-0.3, -0.25) is 0 Å². The van der Waals surface area contributed by atoms with Gasteiger partial charge in [-0.1, -0.05) is 39.5 Å². The monoisotopic (exact) mass is 223 g/mol. The Morgan fingerprint density at radius 3 is 2.31 bits per heavy atom. The lowest BCUT2D eigenvalue weighted by Crippen LogP contribution is -2.40. The summed E-state index contributed by atoms with van der Waals surface area (Å²) in [6, 6.07) is 0.851. The second kappa shape index (κ2) is 6.05. The van der Waals surface area contributed by atoms with Gasteiger partial charge in [-0.15, -0.1) is 0 Å². The molecule has 0 radical (unpaired) electrons. The minimum absolute atomic E-state index is 0.851. The van der Waals surface area contributed by atoms with Gasteiger partial charge in [0.1, 0.15) is 0 Å². The smallest absolute Gasteiger partial charge is 0.0124 e. The van der Waals surface area contributed by atoms with Gasteiger partial charge < -0.3 is 5.32 Å². The summed E-state index contributed by atoms with van der Waals surface area (Å²) in [5.41, 5.74) is 0.